The number of fused-ring (bicyclic) bond motifs is 1. The first-order chi connectivity index (χ1) is 5.38. The molecule has 1 aromatic heterocycles. The van der Waals surface area contributed by atoms with Gasteiger partial charge < -0.3 is 0 Å². The fraction of sp³-hybridized carbons (Fsp3) is 0.500. The van der Waals surface area contributed by atoms with Crippen molar-refractivity contribution in [3.05, 3.63) is 23.8 Å². The molecule has 0 fully saturated rings. The summed E-state index contributed by atoms with van der Waals surface area (Å²) in [6.07, 6.45) is 7.10. The maximum atomic E-state index is 4.23. The molecule has 0 aliphatic heterocycles. The number of hydrogen-bond acceptors (Lipinski definition) is 2. The van der Waals surface area contributed by atoms with Crippen molar-refractivity contribution in [3.8, 4) is 0 Å². The largest absolute Gasteiger partial charge is 0.244 e. The minimum Gasteiger partial charge on any atom is -0.244 e. The summed E-state index contributed by atoms with van der Waals surface area (Å²) < 4.78 is 0. The topological polar surface area (TPSA) is 25.8 Å². The second-order valence-corrected chi connectivity index (χ2v) is 3.89. The van der Waals surface area contributed by atoms with E-state index in [2.05, 4.69) is 25.9 Å². The Morgan fingerprint density at radius 1 is 1.55 bits per heavy atom. The van der Waals surface area contributed by atoms with Gasteiger partial charge in [0.2, 0.25) is 0 Å². The lowest BCUT2D eigenvalue weighted by Crippen LogP contribution is -2.07. The minimum absolute atomic E-state index is 0.479. The van der Waals surface area contributed by atoms with Gasteiger partial charge in [-0.2, -0.15) is 0 Å². The Kier molecular flexibility index (Phi) is 1.90. The Morgan fingerprint density at radius 3 is 3.27 bits per heavy atom. The van der Waals surface area contributed by atoms with Crippen molar-refractivity contribution < 1.29 is 0 Å². The second-order valence-electron chi connectivity index (χ2n) is 2.78. The van der Waals surface area contributed by atoms with Crippen LogP contribution in [0.3, 0.4) is 0 Å². The van der Waals surface area contributed by atoms with Gasteiger partial charge in [0, 0.05) is 22.3 Å². The molecule has 0 bridgehead atoms. The highest BCUT2D eigenvalue weighted by atomic mass is 79.9. The summed E-state index contributed by atoms with van der Waals surface area (Å²) in [4.78, 5) is 8.72. The van der Waals surface area contributed by atoms with Gasteiger partial charge in [0.15, 0.2) is 0 Å². The molecular weight excluding hydrogens is 204 g/mol. The van der Waals surface area contributed by atoms with Crippen LogP contribution < -0.4 is 0 Å². The van der Waals surface area contributed by atoms with Gasteiger partial charge in [0.1, 0.15) is 6.33 Å². The quantitative estimate of drug-likeness (QED) is 0.617. The monoisotopic (exact) mass is 212 g/mol. The first-order valence-corrected chi connectivity index (χ1v) is 4.72. The van der Waals surface area contributed by atoms with Crippen molar-refractivity contribution in [1.82, 2.24) is 9.97 Å². The Hall–Kier alpha value is -0.440. The highest BCUT2D eigenvalue weighted by Gasteiger charge is 2.17. The molecule has 1 aromatic rings. The van der Waals surface area contributed by atoms with Crippen molar-refractivity contribution in [3.63, 3.8) is 0 Å². The fourth-order valence-corrected chi connectivity index (χ4v) is 2.15. The molecule has 1 aliphatic carbocycles. The standard InChI is InChI=1S/C8H9BrN2/c9-7-2-1-3-8-6(7)4-10-5-11-8/h4-5,7H,1-3H2/t7-/m0/s1. The van der Waals surface area contributed by atoms with E-state index in [0.29, 0.717) is 4.83 Å². The molecule has 0 radical (unpaired) electrons. The number of hydrogen-bond donors (Lipinski definition) is 0. The third-order valence-corrected chi connectivity index (χ3v) is 2.99. The normalized spacial score (nSPS) is 22.8. The average Bonchev–Trinajstić information content (AvgIpc) is 2.06. The van der Waals surface area contributed by atoms with Gasteiger partial charge in [-0.25, -0.2) is 9.97 Å². The van der Waals surface area contributed by atoms with E-state index in [1.807, 2.05) is 6.20 Å². The lowest BCUT2D eigenvalue weighted by Gasteiger charge is -2.18. The van der Waals surface area contributed by atoms with E-state index in [9.17, 15) is 0 Å². The molecular formula is C8H9BrN2. The van der Waals surface area contributed by atoms with E-state index < -0.39 is 0 Å². The van der Waals surface area contributed by atoms with Crippen molar-refractivity contribution in [2.75, 3.05) is 0 Å². The van der Waals surface area contributed by atoms with E-state index in [1.54, 1.807) is 6.33 Å². The third kappa shape index (κ3) is 1.29. The van der Waals surface area contributed by atoms with Crippen LogP contribution in [0.1, 0.15) is 28.9 Å². The van der Waals surface area contributed by atoms with Crippen LogP contribution in [-0.2, 0) is 6.42 Å². The van der Waals surface area contributed by atoms with E-state index in [4.69, 9.17) is 0 Å². The van der Waals surface area contributed by atoms with Gasteiger partial charge in [0.05, 0.1) is 0 Å². The number of nitrogens with zero attached hydrogens (tertiary/aromatic N) is 2. The van der Waals surface area contributed by atoms with Gasteiger partial charge in [-0.3, -0.25) is 0 Å². The zero-order valence-electron chi connectivity index (χ0n) is 6.13. The van der Waals surface area contributed by atoms with Crippen molar-refractivity contribution >= 4 is 15.9 Å². The van der Waals surface area contributed by atoms with E-state index in [0.717, 1.165) is 6.42 Å². The van der Waals surface area contributed by atoms with Gasteiger partial charge >= 0.3 is 0 Å². The zero-order chi connectivity index (χ0) is 7.68. The summed E-state index contributed by atoms with van der Waals surface area (Å²) in [6, 6.07) is 0. The zero-order valence-corrected chi connectivity index (χ0v) is 7.71. The Balaban J connectivity index is 2.44. The SMILES string of the molecule is Br[C@H]1CCCc2ncncc21. The Morgan fingerprint density at radius 2 is 2.45 bits per heavy atom. The Labute approximate surface area is 74.2 Å². The van der Waals surface area contributed by atoms with Crippen LogP contribution >= 0.6 is 15.9 Å². The predicted molar refractivity (Wildman–Crippen MR) is 46.6 cm³/mol. The number of halogens is 1. The lowest BCUT2D eigenvalue weighted by molar-refractivity contribution is 0.658. The molecule has 1 atom stereocenters. The van der Waals surface area contributed by atoms with Crippen molar-refractivity contribution in [2.45, 2.75) is 24.1 Å². The van der Waals surface area contributed by atoms with Crippen LogP contribution in [0, 0.1) is 0 Å². The molecule has 2 nitrogen and oxygen atoms in total. The summed E-state index contributed by atoms with van der Waals surface area (Å²) in [5.74, 6) is 0. The molecule has 11 heavy (non-hydrogen) atoms. The van der Waals surface area contributed by atoms with Crippen molar-refractivity contribution in [1.29, 1.82) is 0 Å². The summed E-state index contributed by atoms with van der Waals surface area (Å²) >= 11 is 3.61. The summed E-state index contributed by atoms with van der Waals surface area (Å²) in [5.41, 5.74) is 2.49. The molecule has 0 saturated carbocycles. The molecule has 0 N–H and O–H groups in total. The molecule has 2 rings (SSSR count). The molecule has 58 valence electrons. The average molecular weight is 213 g/mol. The number of aryl methyl sites for hydroxylation is 1. The first kappa shape index (κ1) is 7.22. The van der Waals surface area contributed by atoms with Crippen LogP contribution in [0.4, 0.5) is 0 Å². The molecule has 0 unspecified atom stereocenters. The number of alkyl halides is 1. The molecule has 1 heterocycles. The molecule has 0 spiro atoms. The van der Waals surface area contributed by atoms with E-state index in [1.165, 1.54) is 24.1 Å². The maximum Gasteiger partial charge on any atom is 0.115 e. The highest BCUT2D eigenvalue weighted by molar-refractivity contribution is 9.09. The third-order valence-electron chi connectivity index (χ3n) is 2.04. The molecule has 0 saturated heterocycles. The first-order valence-electron chi connectivity index (χ1n) is 3.81. The number of aromatic nitrogens is 2. The van der Waals surface area contributed by atoms with E-state index >= 15 is 0 Å². The highest BCUT2D eigenvalue weighted by Crippen LogP contribution is 2.33. The van der Waals surface area contributed by atoms with Gasteiger partial charge in [-0.1, -0.05) is 15.9 Å². The van der Waals surface area contributed by atoms with Gasteiger partial charge in [-0.05, 0) is 19.3 Å². The summed E-state index contributed by atoms with van der Waals surface area (Å²) in [7, 11) is 0. The lowest BCUT2D eigenvalue weighted by atomic mass is 9.98. The van der Waals surface area contributed by atoms with Crippen LogP contribution in [0.25, 0.3) is 0 Å². The second kappa shape index (κ2) is 2.89. The summed E-state index contributed by atoms with van der Waals surface area (Å²) in [6.45, 7) is 0. The molecule has 1 aliphatic rings. The van der Waals surface area contributed by atoms with Crippen LogP contribution in [0.15, 0.2) is 12.5 Å². The van der Waals surface area contributed by atoms with Crippen LogP contribution in [-0.4, -0.2) is 9.97 Å². The Bertz CT molecular complexity index is 262. The molecule has 3 heteroatoms. The number of rotatable bonds is 0. The van der Waals surface area contributed by atoms with Gasteiger partial charge in [0.25, 0.3) is 0 Å². The smallest absolute Gasteiger partial charge is 0.115 e. The van der Waals surface area contributed by atoms with Crippen LogP contribution in [0.5, 0.6) is 0 Å². The van der Waals surface area contributed by atoms with Crippen LogP contribution in [0.2, 0.25) is 0 Å². The fourth-order valence-electron chi connectivity index (χ4n) is 1.44. The van der Waals surface area contributed by atoms with Crippen molar-refractivity contribution in [2.24, 2.45) is 0 Å². The summed E-state index contributed by atoms with van der Waals surface area (Å²) in [5, 5.41) is 0. The van der Waals surface area contributed by atoms with Gasteiger partial charge in [-0.15, -0.1) is 0 Å². The van der Waals surface area contributed by atoms with E-state index in [-0.39, 0.29) is 0 Å². The predicted octanol–water partition coefficient (Wildman–Crippen LogP) is 2.25. The minimum atomic E-state index is 0.479. The molecule has 0 amide bonds. The molecule has 0 aromatic carbocycles. The maximum absolute atomic E-state index is 4.23.